The van der Waals surface area contributed by atoms with Crippen molar-refractivity contribution in [3.63, 3.8) is 0 Å². The van der Waals surface area contributed by atoms with E-state index < -0.39 is 38.8 Å². The molecule has 1 fully saturated rings. The number of carboxylic acid groups (broad SMARTS) is 1. The van der Waals surface area contributed by atoms with Crippen molar-refractivity contribution >= 4 is 43.6 Å². The van der Waals surface area contributed by atoms with Crippen molar-refractivity contribution in [1.82, 2.24) is 9.62 Å². The second-order valence-corrected chi connectivity index (χ2v) is 9.93. The number of rotatable bonds is 5. The van der Waals surface area contributed by atoms with E-state index >= 15 is 0 Å². The number of carbonyl (C=O) groups excluding carboxylic acids is 1. The predicted octanol–water partition coefficient (Wildman–Crippen LogP) is 4.14. The number of halogens is 4. The highest BCUT2D eigenvalue weighted by Gasteiger charge is 2.38. The van der Waals surface area contributed by atoms with Gasteiger partial charge in [0.1, 0.15) is 0 Å². The molecule has 8 nitrogen and oxygen atoms in total. The number of nitrogens with one attached hydrogen (secondary N) is 2. The SMILES string of the molecule is O=C(O)Nc1ccc(C(=O)N2CCC(NS(=O)(=O)c3ccc(Br)cc3C(F)(F)F)CC2)cc1. The molecular formula is C20H19BrF3N3O5S. The summed E-state index contributed by atoms with van der Waals surface area (Å²) in [6.45, 7) is 0.404. The molecule has 3 rings (SSSR count). The summed E-state index contributed by atoms with van der Waals surface area (Å²) in [7, 11) is -4.44. The van der Waals surface area contributed by atoms with Crippen LogP contribution < -0.4 is 10.0 Å². The number of hydrogen-bond acceptors (Lipinski definition) is 4. The fraction of sp³-hybridized carbons (Fsp3) is 0.300. The minimum absolute atomic E-state index is 0.104. The van der Waals surface area contributed by atoms with Gasteiger partial charge in [-0.25, -0.2) is 17.9 Å². The molecule has 2 aromatic carbocycles. The third-order valence-electron chi connectivity index (χ3n) is 5.02. The molecule has 1 aliphatic rings. The lowest BCUT2D eigenvalue weighted by molar-refractivity contribution is -0.139. The number of amides is 2. The highest BCUT2D eigenvalue weighted by molar-refractivity contribution is 9.10. The van der Waals surface area contributed by atoms with Crippen LogP contribution in [0, 0.1) is 0 Å². The van der Waals surface area contributed by atoms with Crippen LogP contribution in [0.1, 0.15) is 28.8 Å². The first kappa shape index (κ1) is 25.0. The summed E-state index contributed by atoms with van der Waals surface area (Å²) in [4.78, 5) is 23.9. The summed E-state index contributed by atoms with van der Waals surface area (Å²) in [5.41, 5.74) is -0.634. The Morgan fingerprint density at radius 3 is 2.21 bits per heavy atom. The Labute approximate surface area is 196 Å². The van der Waals surface area contributed by atoms with Crippen LogP contribution >= 0.6 is 15.9 Å². The lowest BCUT2D eigenvalue weighted by atomic mass is 10.0. The molecule has 1 heterocycles. The van der Waals surface area contributed by atoms with Gasteiger partial charge in [-0.1, -0.05) is 15.9 Å². The molecule has 2 amide bonds. The van der Waals surface area contributed by atoms with Gasteiger partial charge in [-0.2, -0.15) is 13.2 Å². The maximum absolute atomic E-state index is 13.3. The molecule has 33 heavy (non-hydrogen) atoms. The standard InChI is InChI=1S/C20H19BrF3N3O5S/c21-13-3-6-17(16(11-13)20(22,23)24)33(31,32)26-15-7-9-27(10-8-15)18(28)12-1-4-14(5-2-12)25-19(29)30/h1-6,11,15,25-26H,7-10H2,(H,29,30). The average molecular weight is 550 g/mol. The molecule has 0 radical (unpaired) electrons. The third kappa shape index (κ3) is 6.24. The van der Waals surface area contributed by atoms with E-state index in [0.29, 0.717) is 17.3 Å². The fourth-order valence-electron chi connectivity index (χ4n) is 3.44. The van der Waals surface area contributed by atoms with Crippen LogP contribution in [-0.2, 0) is 16.2 Å². The number of anilines is 1. The molecule has 0 saturated carbocycles. The topological polar surface area (TPSA) is 116 Å². The van der Waals surface area contributed by atoms with E-state index in [-0.39, 0.29) is 36.3 Å². The van der Waals surface area contributed by atoms with E-state index in [2.05, 4.69) is 26.0 Å². The van der Waals surface area contributed by atoms with Crippen molar-refractivity contribution in [1.29, 1.82) is 0 Å². The van der Waals surface area contributed by atoms with E-state index in [9.17, 15) is 31.2 Å². The maximum atomic E-state index is 13.3. The zero-order valence-corrected chi connectivity index (χ0v) is 19.3. The van der Waals surface area contributed by atoms with E-state index in [1.807, 2.05) is 0 Å². The number of alkyl halides is 3. The summed E-state index contributed by atoms with van der Waals surface area (Å²) in [5.74, 6) is -0.314. The molecule has 1 aliphatic heterocycles. The fourth-order valence-corrected chi connectivity index (χ4v) is 5.32. The molecule has 13 heteroatoms. The Morgan fingerprint density at radius 1 is 1.06 bits per heavy atom. The van der Waals surface area contributed by atoms with Crippen LogP contribution in [0.15, 0.2) is 51.8 Å². The number of hydrogen-bond donors (Lipinski definition) is 3. The minimum Gasteiger partial charge on any atom is -0.465 e. The van der Waals surface area contributed by atoms with E-state index in [1.165, 1.54) is 35.2 Å². The lowest BCUT2D eigenvalue weighted by Crippen LogP contribution is -2.46. The van der Waals surface area contributed by atoms with Gasteiger partial charge in [-0.3, -0.25) is 10.1 Å². The molecule has 2 aromatic rings. The molecule has 0 spiro atoms. The van der Waals surface area contributed by atoms with Crippen LogP contribution in [0.2, 0.25) is 0 Å². The van der Waals surface area contributed by atoms with Crippen molar-refractivity contribution in [3.8, 4) is 0 Å². The third-order valence-corrected chi connectivity index (χ3v) is 7.10. The minimum atomic E-state index is -4.85. The first-order valence-electron chi connectivity index (χ1n) is 9.65. The molecule has 0 atom stereocenters. The van der Waals surface area contributed by atoms with Crippen LogP contribution in [0.4, 0.5) is 23.7 Å². The number of benzene rings is 2. The smallest absolute Gasteiger partial charge is 0.417 e. The zero-order valence-electron chi connectivity index (χ0n) is 16.9. The van der Waals surface area contributed by atoms with Gasteiger partial charge in [-0.05, 0) is 55.3 Å². The van der Waals surface area contributed by atoms with Crippen LogP contribution in [-0.4, -0.2) is 49.6 Å². The number of nitrogens with zero attached hydrogens (tertiary/aromatic N) is 1. The number of carbonyl (C=O) groups is 2. The first-order valence-corrected chi connectivity index (χ1v) is 11.9. The van der Waals surface area contributed by atoms with Crippen molar-refractivity contribution in [2.24, 2.45) is 0 Å². The van der Waals surface area contributed by atoms with Crippen molar-refractivity contribution in [2.45, 2.75) is 30.0 Å². The Morgan fingerprint density at radius 2 is 1.67 bits per heavy atom. The highest BCUT2D eigenvalue weighted by Crippen LogP contribution is 2.36. The van der Waals surface area contributed by atoms with Gasteiger partial charge >= 0.3 is 12.3 Å². The molecule has 3 N–H and O–H groups in total. The quantitative estimate of drug-likeness (QED) is 0.518. The second kappa shape index (κ2) is 9.69. The number of piperidine rings is 1. The second-order valence-electron chi connectivity index (χ2n) is 7.33. The first-order chi connectivity index (χ1) is 15.4. The normalized spacial score (nSPS) is 15.3. The van der Waals surface area contributed by atoms with Gasteiger partial charge in [0.2, 0.25) is 10.0 Å². The van der Waals surface area contributed by atoms with Gasteiger partial charge in [0.05, 0.1) is 10.5 Å². The monoisotopic (exact) mass is 549 g/mol. The van der Waals surface area contributed by atoms with Gasteiger partial charge in [0, 0.05) is 34.9 Å². The lowest BCUT2D eigenvalue weighted by Gasteiger charge is -2.32. The van der Waals surface area contributed by atoms with Crippen LogP contribution in [0.25, 0.3) is 0 Å². The summed E-state index contributed by atoms with van der Waals surface area (Å²) < 4.78 is 67.8. The van der Waals surface area contributed by atoms with Gasteiger partial charge in [0.25, 0.3) is 5.91 Å². The van der Waals surface area contributed by atoms with Gasteiger partial charge < -0.3 is 10.0 Å². The van der Waals surface area contributed by atoms with Crippen molar-refractivity contribution in [3.05, 3.63) is 58.1 Å². The Bertz CT molecular complexity index is 1150. The largest absolute Gasteiger partial charge is 0.465 e. The van der Waals surface area contributed by atoms with Crippen molar-refractivity contribution < 1.29 is 36.3 Å². The molecular weight excluding hydrogens is 531 g/mol. The van der Waals surface area contributed by atoms with E-state index in [1.54, 1.807) is 0 Å². The van der Waals surface area contributed by atoms with E-state index in [4.69, 9.17) is 5.11 Å². The zero-order chi connectivity index (χ0) is 24.4. The summed E-state index contributed by atoms with van der Waals surface area (Å²) in [6, 6.07) is 8.03. The number of likely N-dealkylation sites (tertiary alicyclic amines) is 1. The molecule has 1 saturated heterocycles. The van der Waals surface area contributed by atoms with Crippen LogP contribution in [0.5, 0.6) is 0 Å². The van der Waals surface area contributed by atoms with E-state index in [0.717, 1.165) is 6.07 Å². The molecule has 0 bridgehead atoms. The summed E-state index contributed by atoms with van der Waals surface area (Å²) in [6.07, 6.45) is -5.63. The highest BCUT2D eigenvalue weighted by atomic mass is 79.9. The molecule has 0 unspecified atom stereocenters. The average Bonchev–Trinajstić information content (AvgIpc) is 2.73. The molecule has 178 valence electrons. The summed E-state index contributed by atoms with van der Waals surface area (Å²) >= 11 is 2.93. The summed E-state index contributed by atoms with van der Waals surface area (Å²) in [5, 5.41) is 10.9. The molecule has 0 aliphatic carbocycles. The van der Waals surface area contributed by atoms with Gasteiger partial charge in [0.15, 0.2) is 0 Å². The van der Waals surface area contributed by atoms with Crippen molar-refractivity contribution in [2.75, 3.05) is 18.4 Å². The van der Waals surface area contributed by atoms with Crippen LogP contribution in [0.3, 0.4) is 0 Å². The Kier molecular flexibility index (Phi) is 7.34. The van der Waals surface area contributed by atoms with Gasteiger partial charge in [-0.15, -0.1) is 0 Å². The Hall–Kier alpha value is -2.64. The maximum Gasteiger partial charge on any atom is 0.417 e. The molecule has 0 aromatic heterocycles. The predicted molar refractivity (Wildman–Crippen MR) is 116 cm³/mol. The number of sulfonamides is 1. The Balaban J connectivity index is 1.65.